The summed E-state index contributed by atoms with van der Waals surface area (Å²) in [7, 11) is 0. The summed E-state index contributed by atoms with van der Waals surface area (Å²) in [4.78, 5) is 0. The molecule has 0 aromatic carbocycles. The van der Waals surface area contributed by atoms with Gasteiger partial charge in [-0.2, -0.15) is 0 Å². The van der Waals surface area contributed by atoms with E-state index >= 15 is 0 Å². The van der Waals surface area contributed by atoms with Crippen LogP contribution in [0.5, 0.6) is 0 Å². The molecule has 2 nitrogen and oxygen atoms in total. The Bertz CT molecular complexity index is 347. The monoisotopic (exact) mass is 476 g/mol. The van der Waals surface area contributed by atoms with Gasteiger partial charge in [0.25, 0.3) is 0 Å². The van der Waals surface area contributed by atoms with Crippen molar-refractivity contribution in [3.63, 3.8) is 0 Å². The molecule has 0 aliphatic rings. The van der Waals surface area contributed by atoms with Crippen molar-refractivity contribution in [2.45, 2.75) is 163 Å². The molecule has 1 unspecified atom stereocenters. The van der Waals surface area contributed by atoms with Crippen molar-refractivity contribution >= 4 is 0 Å². The van der Waals surface area contributed by atoms with Crippen molar-refractivity contribution < 1.29 is 5.11 Å². The van der Waals surface area contributed by atoms with E-state index in [9.17, 15) is 0 Å². The fourth-order valence-electron chi connectivity index (χ4n) is 0.800. The highest BCUT2D eigenvalue weighted by molar-refractivity contribution is 4.66. The van der Waals surface area contributed by atoms with Crippen LogP contribution in [0.3, 0.4) is 0 Å². The Balaban J connectivity index is -0.000000101. The first-order valence-corrected chi connectivity index (χ1v) is 13.6. The first-order chi connectivity index (χ1) is 14.2. The zero-order valence-corrected chi connectivity index (χ0v) is 27.3. The molecule has 0 fully saturated rings. The van der Waals surface area contributed by atoms with Crippen molar-refractivity contribution in [1.82, 2.24) is 0 Å². The van der Waals surface area contributed by atoms with Gasteiger partial charge < -0.3 is 10.8 Å². The number of hydrogen-bond acceptors (Lipinski definition) is 2. The van der Waals surface area contributed by atoms with Gasteiger partial charge in [-0.15, -0.1) is 0 Å². The summed E-state index contributed by atoms with van der Waals surface area (Å²) in [6.07, 6.45) is 4.82. The van der Waals surface area contributed by atoms with Crippen LogP contribution in [-0.2, 0) is 0 Å². The third-order valence-electron chi connectivity index (χ3n) is 5.43. The molecule has 0 aromatic rings. The first kappa shape index (κ1) is 43.0. The van der Waals surface area contributed by atoms with Gasteiger partial charge >= 0.3 is 0 Å². The lowest BCUT2D eigenvalue weighted by Gasteiger charge is -2.22. The Hall–Kier alpha value is -0.0800. The van der Waals surface area contributed by atoms with Crippen LogP contribution in [0.2, 0.25) is 0 Å². The minimum atomic E-state index is -0.201. The van der Waals surface area contributed by atoms with E-state index < -0.39 is 0 Å². The lowest BCUT2D eigenvalue weighted by molar-refractivity contribution is 0.0801. The Kier molecular flexibility index (Phi) is 27.7. The van der Waals surface area contributed by atoms with Crippen molar-refractivity contribution in [3.8, 4) is 0 Å². The number of rotatable bonds is 3. The van der Waals surface area contributed by atoms with Crippen LogP contribution in [0.25, 0.3) is 0 Å². The lowest BCUT2D eigenvalue weighted by atomic mass is 9.84. The lowest BCUT2D eigenvalue weighted by Crippen LogP contribution is -2.21. The molecule has 0 rings (SSSR count). The average Bonchev–Trinajstić information content (AvgIpc) is 2.52. The molecular formula is C31H73NO. The van der Waals surface area contributed by atoms with Gasteiger partial charge in [-0.3, -0.25) is 0 Å². The molecule has 33 heavy (non-hydrogen) atoms. The average molecular weight is 476 g/mol. The second kappa shape index (κ2) is 21.2. The van der Waals surface area contributed by atoms with Gasteiger partial charge in [0.1, 0.15) is 0 Å². The fraction of sp³-hybridized carbons (Fsp3) is 1.00. The third-order valence-corrected chi connectivity index (χ3v) is 5.43. The van der Waals surface area contributed by atoms with Crippen LogP contribution in [0.1, 0.15) is 157 Å². The smallest absolute Gasteiger partial charge is 0.0560 e. The maximum Gasteiger partial charge on any atom is 0.0560 e. The molecule has 3 N–H and O–H groups in total. The van der Waals surface area contributed by atoms with Gasteiger partial charge in [-0.05, 0) is 59.8 Å². The van der Waals surface area contributed by atoms with Crippen molar-refractivity contribution in [2.75, 3.05) is 6.54 Å². The van der Waals surface area contributed by atoms with Crippen LogP contribution in [0.4, 0.5) is 0 Å². The van der Waals surface area contributed by atoms with E-state index in [1.165, 1.54) is 25.7 Å². The van der Waals surface area contributed by atoms with Gasteiger partial charge in [0, 0.05) is 0 Å². The first-order valence-electron chi connectivity index (χ1n) is 13.6. The zero-order valence-electron chi connectivity index (χ0n) is 27.3. The van der Waals surface area contributed by atoms with E-state index in [2.05, 4.69) is 104 Å². The van der Waals surface area contributed by atoms with Crippen LogP contribution < -0.4 is 5.73 Å². The molecule has 208 valence electrons. The summed E-state index contributed by atoms with van der Waals surface area (Å²) >= 11 is 0. The minimum Gasteiger partial charge on any atom is -0.393 e. The topological polar surface area (TPSA) is 46.2 Å². The number of aliphatic hydroxyl groups is 1. The van der Waals surface area contributed by atoms with Gasteiger partial charge in [0.05, 0.1) is 6.10 Å². The number of unbranched alkanes of at least 4 members (excludes halogenated alkanes) is 1. The van der Waals surface area contributed by atoms with Gasteiger partial charge in [0.15, 0.2) is 0 Å². The van der Waals surface area contributed by atoms with Gasteiger partial charge in [-0.1, -0.05) is 137 Å². The Morgan fingerprint density at radius 2 is 0.848 bits per heavy atom. The van der Waals surface area contributed by atoms with Crippen LogP contribution in [0.15, 0.2) is 0 Å². The third kappa shape index (κ3) is 65.3. The summed E-state index contributed by atoms with van der Waals surface area (Å²) < 4.78 is 0. The van der Waals surface area contributed by atoms with Gasteiger partial charge in [0.2, 0.25) is 0 Å². The largest absolute Gasteiger partial charge is 0.393 e. The maximum absolute atomic E-state index is 8.89. The van der Waals surface area contributed by atoms with Crippen LogP contribution in [-0.4, -0.2) is 17.8 Å². The summed E-state index contributed by atoms with van der Waals surface area (Å²) in [5.74, 6) is 1.63. The second-order valence-electron chi connectivity index (χ2n) is 15.0. The van der Waals surface area contributed by atoms with E-state index in [0.29, 0.717) is 16.2 Å². The molecule has 0 heterocycles. The summed E-state index contributed by atoms with van der Waals surface area (Å²) in [5.41, 5.74) is 6.95. The normalized spacial score (nSPS) is 12.8. The molecule has 0 aliphatic heterocycles. The highest BCUT2D eigenvalue weighted by Gasteiger charge is 2.16. The highest BCUT2D eigenvalue weighted by atomic mass is 16.3. The summed E-state index contributed by atoms with van der Waals surface area (Å²) in [6.45, 7) is 42.2. The Labute approximate surface area is 214 Å². The number of hydrogen-bond donors (Lipinski definition) is 2. The quantitative estimate of drug-likeness (QED) is 0.399. The second-order valence-corrected chi connectivity index (χ2v) is 15.0. The molecule has 2 heteroatoms. The van der Waals surface area contributed by atoms with E-state index in [-0.39, 0.29) is 11.5 Å². The predicted molar refractivity (Wildman–Crippen MR) is 158 cm³/mol. The standard InChI is InChI=1S/C8H19N.C7H16.C6H14O.C6H14.C4H10/c1-8(2,3)6-4-5-7-9;1-6(2)7(3,4)5;1-5(7)6(2,3)4;1-5-6(2,3)4;1-4(2)3/h4-7,9H2,1-3H3;6H,1-5H3;5,7H,1-4H3;5H2,1-4H3;4H,1-3H3. The molecule has 0 aliphatic carbocycles. The van der Waals surface area contributed by atoms with E-state index in [1.807, 2.05) is 20.8 Å². The number of aliphatic hydroxyl groups excluding tert-OH is 1. The molecule has 0 saturated heterocycles. The molecule has 1 atom stereocenters. The highest BCUT2D eigenvalue weighted by Crippen LogP contribution is 2.23. The minimum absolute atomic E-state index is 0.0556. The Morgan fingerprint density at radius 1 is 0.606 bits per heavy atom. The molecule has 0 saturated carbocycles. The van der Waals surface area contributed by atoms with E-state index in [4.69, 9.17) is 10.8 Å². The molecule has 0 aromatic heterocycles. The van der Waals surface area contributed by atoms with Crippen molar-refractivity contribution in [1.29, 1.82) is 0 Å². The summed E-state index contributed by atoms with van der Waals surface area (Å²) in [6, 6.07) is 0. The molecular weight excluding hydrogens is 402 g/mol. The molecule has 0 amide bonds. The predicted octanol–water partition coefficient (Wildman–Crippen LogP) is 10.4. The van der Waals surface area contributed by atoms with Crippen LogP contribution in [0, 0.1) is 33.5 Å². The molecule has 0 bridgehead atoms. The Morgan fingerprint density at radius 3 is 0.939 bits per heavy atom. The SMILES string of the molecule is CC(C)(C)CCCCN.CC(C)C.CC(C)C(C)(C)C.CC(O)C(C)(C)C.CCC(C)(C)C. The van der Waals surface area contributed by atoms with E-state index in [1.54, 1.807) is 6.92 Å². The molecule has 0 spiro atoms. The van der Waals surface area contributed by atoms with E-state index in [0.717, 1.165) is 18.4 Å². The fourth-order valence-corrected chi connectivity index (χ4v) is 0.800. The van der Waals surface area contributed by atoms with Crippen LogP contribution >= 0.6 is 0 Å². The zero-order chi connectivity index (χ0) is 28.3. The maximum atomic E-state index is 8.89. The number of nitrogens with two attached hydrogens (primary N) is 1. The summed E-state index contributed by atoms with van der Waals surface area (Å²) in [5, 5.41) is 8.89. The van der Waals surface area contributed by atoms with Gasteiger partial charge in [-0.25, -0.2) is 0 Å². The molecule has 0 radical (unpaired) electrons. The van der Waals surface area contributed by atoms with Crippen molar-refractivity contribution in [2.24, 2.45) is 39.2 Å². The van der Waals surface area contributed by atoms with Crippen molar-refractivity contribution in [3.05, 3.63) is 0 Å².